The number of nitrogens with zero attached hydrogens (tertiary/aromatic N) is 2. The normalized spacial score (nSPS) is 15.4. The number of benzene rings is 3. The third kappa shape index (κ3) is 5.82. The summed E-state index contributed by atoms with van der Waals surface area (Å²) in [6, 6.07) is 24.5. The number of carbonyl (C=O) groups is 1. The highest BCUT2D eigenvalue weighted by atomic mass is 16.5. The van der Waals surface area contributed by atoms with Crippen LogP contribution in [0.3, 0.4) is 0 Å². The van der Waals surface area contributed by atoms with Crippen LogP contribution in [0, 0.1) is 6.92 Å². The molecule has 0 bridgehead atoms. The van der Waals surface area contributed by atoms with Gasteiger partial charge in [-0.3, -0.25) is 9.69 Å². The van der Waals surface area contributed by atoms with Gasteiger partial charge in [-0.15, -0.1) is 0 Å². The highest BCUT2D eigenvalue weighted by Gasteiger charge is 2.22. The van der Waals surface area contributed by atoms with Crippen LogP contribution < -0.4 is 9.64 Å². The fourth-order valence-corrected chi connectivity index (χ4v) is 4.59. The van der Waals surface area contributed by atoms with Gasteiger partial charge in [0.05, 0.1) is 7.11 Å². The summed E-state index contributed by atoms with van der Waals surface area (Å²) in [5.74, 6) is 0.738. The van der Waals surface area contributed by atoms with Crippen LogP contribution in [-0.2, 0) is 13.1 Å². The fraction of sp³-hybridized carbons (Fsp3) is 0.345. The molecule has 0 radical (unpaired) electrons. The van der Waals surface area contributed by atoms with Crippen LogP contribution in [0.5, 0.6) is 5.75 Å². The second-order valence-electron chi connectivity index (χ2n) is 8.87. The SMILES string of the molecule is COc1cccc(C(=O)N2CCCCCCN(Cc3ccccc3C)Cc3ccccc32)c1. The molecule has 4 rings (SSSR count). The number of amides is 1. The number of fused-ring (bicyclic) bond motifs is 1. The van der Waals surface area contributed by atoms with E-state index < -0.39 is 0 Å². The zero-order valence-electron chi connectivity index (χ0n) is 19.8. The van der Waals surface area contributed by atoms with Crippen molar-refractivity contribution in [2.24, 2.45) is 0 Å². The maximum atomic E-state index is 13.7. The standard InChI is InChI=1S/C29H34N2O2/c1-23-12-5-6-13-25(23)21-30-18-9-3-4-10-19-31(28-17-8-7-14-26(28)22-30)29(32)24-15-11-16-27(20-24)33-2/h5-8,11-17,20H,3-4,9-10,18-19,21-22H2,1-2H3. The second kappa shape index (κ2) is 11.2. The van der Waals surface area contributed by atoms with Crippen LogP contribution in [0.2, 0.25) is 0 Å². The number of hydrogen-bond acceptors (Lipinski definition) is 3. The second-order valence-corrected chi connectivity index (χ2v) is 8.87. The van der Waals surface area contributed by atoms with Gasteiger partial charge in [0.25, 0.3) is 5.91 Å². The molecule has 0 saturated carbocycles. The molecular weight excluding hydrogens is 408 g/mol. The maximum Gasteiger partial charge on any atom is 0.258 e. The molecule has 1 amide bonds. The lowest BCUT2D eigenvalue weighted by atomic mass is 10.1. The Balaban J connectivity index is 1.66. The zero-order valence-corrected chi connectivity index (χ0v) is 19.8. The molecule has 4 heteroatoms. The van der Waals surface area contributed by atoms with Crippen molar-refractivity contribution >= 4 is 11.6 Å². The van der Waals surface area contributed by atoms with Gasteiger partial charge in [-0.2, -0.15) is 0 Å². The first-order chi connectivity index (χ1) is 16.2. The van der Waals surface area contributed by atoms with E-state index >= 15 is 0 Å². The van der Waals surface area contributed by atoms with E-state index in [2.05, 4.69) is 54.3 Å². The molecule has 33 heavy (non-hydrogen) atoms. The molecule has 0 atom stereocenters. The van der Waals surface area contributed by atoms with Crippen molar-refractivity contribution in [3.8, 4) is 5.75 Å². The number of anilines is 1. The highest BCUT2D eigenvalue weighted by molar-refractivity contribution is 6.06. The Morgan fingerprint density at radius 3 is 2.45 bits per heavy atom. The van der Waals surface area contributed by atoms with E-state index in [-0.39, 0.29) is 5.91 Å². The van der Waals surface area contributed by atoms with Gasteiger partial charge in [-0.05, 0) is 67.3 Å². The summed E-state index contributed by atoms with van der Waals surface area (Å²) in [6.07, 6.45) is 4.49. The molecule has 3 aromatic rings. The van der Waals surface area contributed by atoms with E-state index in [1.54, 1.807) is 7.11 Å². The smallest absolute Gasteiger partial charge is 0.258 e. The number of aryl methyl sites for hydroxylation is 1. The highest BCUT2D eigenvalue weighted by Crippen LogP contribution is 2.27. The first-order valence-electron chi connectivity index (χ1n) is 12.0. The minimum atomic E-state index is 0.0334. The Morgan fingerprint density at radius 2 is 1.64 bits per heavy atom. The van der Waals surface area contributed by atoms with Crippen molar-refractivity contribution in [2.45, 2.75) is 45.7 Å². The largest absolute Gasteiger partial charge is 0.497 e. The van der Waals surface area contributed by atoms with Crippen LogP contribution in [0.1, 0.15) is 52.7 Å². The Kier molecular flexibility index (Phi) is 7.79. The predicted octanol–water partition coefficient (Wildman–Crippen LogP) is 6.23. The number of para-hydroxylation sites is 1. The van der Waals surface area contributed by atoms with Gasteiger partial charge in [-0.1, -0.05) is 61.4 Å². The molecule has 0 N–H and O–H groups in total. The lowest BCUT2D eigenvalue weighted by molar-refractivity contribution is 0.0986. The summed E-state index contributed by atoms with van der Waals surface area (Å²) in [5, 5.41) is 0. The van der Waals surface area contributed by atoms with Crippen molar-refractivity contribution in [2.75, 3.05) is 25.1 Å². The zero-order chi connectivity index (χ0) is 23.0. The summed E-state index contributed by atoms with van der Waals surface area (Å²) in [4.78, 5) is 18.2. The van der Waals surface area contributed by atoms with E-state index in [9.17, 15) is 4.79 Å². The number of methoxy groups -OCH3 is 1. The molecule has 0 spiro atoms. The summed E-state index contributed by atoms with van der Waals surface area (Å²) in [7, 11) is 1.63. The molecule has 0 aromatic heterocycles. The quantitative estimate of drug-likeness (QED) is 0.480. The van der Waals surface area contributed by atoms with E-state index in [0.717, 1.165) is 44.7 Å². The van der Waals surface area contributed by atoms with Gasteiger partial charge >= 0.3 is 0 Å². The van der Waals surface area contributed by atoms with Crippen molar-refractivity contribution in [1.82, 2.24) is 4.90 Å². The van der Waals surface area contributed by atoms with Gasteiger partial charge in [0.15, 0.2) is 0 Å². The molecule has 0 saturated heterocycles. The maximum absolute atomic E-state index is 13.7. The summed E-state index contributed by atoms with van der Waals surface area (Å²) in [5.41, 5.74) is 5.58. The van der Waals surface area contributed by atoms with Gasteiger partial charge < -0.3 is 9.64 Å². The molecule has 0 unspecified atom stereocenters. The van der Waals surface area contributed by atoms with Crippen molar-refractivity contribution in [3.63, 3.8) is 0 Å². The van der Waals surface area contributed by atoms with Crippen LogP contribution in [0.25, 0.3) is 0 Å². The minimum absolute atomic E-state index is 0.0334. The molecular formula is C29H34N2O2. The van der Waals surface area contributed by atoms with E-state index in [1.807, 2.05) is 35.2 Å². The Morgan fingerprint density at radius 1 is 0.879 bits per heavy atom. The topological polar surface area (TPSA) is 32.8 Å². The molecule has 0 fully saturated rings. The van der Waals surface area contributed by atoms with Crippen molar-refractivity contribution in [1.29, 1.82) is 0 Å². The summed E-state index contributed by atoms with van der Waals surface area (Å²) >= 11 is 0. The van der Waals surface area contributed by atoms with Gasteiger partial charge in [0.1, 0.15) is 5.75 Å². The predicted molar refractivity (Wildman–Crippen MR) is 135 cm³/mol. The van der Waals surface area contributed by atoms with E-state index in [0.29, 0.717) is 11.3 Å². The van der Waals surface area contributed by atoms with E-state index in [1.165, 1.54) is 29.5 Å². The average Bonchev–Trinajstić information content (AvgIpc) is 2.88. The monoisotopic (exact) mass is 442 g/mol. The first-order valence-corrected chi connectivity index (χ1v) is 12.0. The Labute approximate surface area is 197 Å². The van der Waals surface area contributed by atoms with E-state index in [4.69, 9.17) is 4.74 Å². The third-order valence-electron chi connectivity index (χ3n) is 6.50. The average molecular weight is 443 g/mol. The van der Waals surface area contributed by atoms with Crippen LogP contribution in [0.4, 0.5) is 5.69 Å². The first kappa shape index (κ1) is 23.1. The van der Waals surface area contributed by atoms with Crippen molar-refractivity contribution in [3.05, 3.63) is 95.1 Å². The number of carbonyl (C=O) groups excluding carboxylic acids is 1. The Hall–Kier alpha value is -3.11. The lowest BCUT2D eigenvalue weighted by Gasteiger charge is -2.28. The lowest BCUT2D eigenvalue weighted by Crippen LogP contribution is -2.33. The van der Waals surface area contributed by atoms with Crippen LogP contribution in [-0.4, -0.2) is 31.0 Å². The molecule has 1 heterocycles. The molecule has 3 aromatic carbocycles. The minimum Gasteiger partial charge on any atom is -0.497 e. The van der Waals surface area contributed by atoms with Gasteiger partial charge in [0.2, 0.25) is 0 Å². The number of rotatable bonds is 4. The van der Waals surface area contributed by atoms with Crippen LogP contribution >= 0.6 is 0 Å². The number of ether oxygens (including phenoxy) is 1. The molecule has 4 nitrogen and oxygen atoms in total. The van der Waals surface area contributed by atoms with Gasteiger partial charge in [0, 0.05) is 30.9 Å². The molecule has 1 aliphatic heterocycles. The van der Waals surface area contributed by atoms with Crippen LogP contribution in [0.15, 0.2) is 72.8 Å². The molecule has 0 aliphatic carbocycles. The number of hydrogen-bond donors (Lipinski definition) is 0. The third-order valence-corrected chi connectivity index (χ3v) is 6.50. The summed E-state index contributed by atoms with van der Waals surface area (Å²) < 4.78 is 5.36. The molecule has 1 aliphatic rings. The molecule has 172 valence electrons. The fourth-order valence-electron chi connectivity index (χ4n) is 4.59. The Bertz CT molecular complexity index is 1080. The summed E-state index contributed by atoms with van der Waals surface area (Å²) in [6.45, 7) is 5.72. The van der Waals surface area contributed by atoms with Gasteiger partial charge in [-0.25, -0.2) is 0 Å². The van der Waals surface area contributed by atoms with Crippen molar-refractivity contribution < 1.29 is 9.53 Å².